The van der Waals surface area contributed by atoms with Crippen LogP contribution in [0.5, 0.6) is 0 Å². The molecule has 2 aromatic carbocycles. The van der Waals surface area contributed by atoms with Crippen molar-refractivity contribution in [2.75, 3.05) is 43.1 Å². The molecule has 0 saturated carbocycles. The molecule has 6 nitrogen and oxygen atoms in total. The molecule has 152 valence electrons. The maximum Gasteiger partial charge on any atom is 0.254 e. The fraction of sp³-hybridized carbons (Fsp3) is 0.391. The molecule has 1 N–H and O–H groups in total. The van der Waals surface area contributed by atoms with Crippen molar-refractivity contribution in [2.45, 2.75) is 26.3 Å². The van der Waals surface area contributed by atoms with E-state index in [1.54, 1.807) is 4.90 Å². The zero-order valence-electron chi connectivity index (χ0n) is 17.0. The lowest BCUT2D eigenvalue weighted by Gasteiger charge is -2.28. The van der Waals surface area contributed by atoms with Gasteiger partial charge in [0.15, 0.2) is 0 Å². The third-order valence-electron chi connectivity index (χ3n) is 5.89. The Bertz CT molecular complexity index is 921. The second-order valence-electron chi connectivity index (χ2n) is 7.62. The molecular formula is C23H27N3O3. The number of morpholine rings is 1. The van der Waals surface area contributed by atoms with Crippen LogP contribution in [-0.2, 0) is 16.0 Å². The minimum atomic E-state index is -0.295. The van der Waals surface area contributed by atoms with Crippen LogP contribution in [-0.4, -0.2) is 55.6 Å². The first-order valence-electron chi connectivity index (χ1n) is 10.2. The van der Waals surface area contributed by atoms with E-state index < -0.39 is 0 Å². The summed E-state index contributed by atoms with van der Waals surface area (Å²) in [6, 6.07) is 13.4. The molecular weight excluding hydrogens is 366 g/mol. The van der Waals surface area contributed by atoms with Crippen molar-refractivity contribution in [3.8, 4) is 0 Å². The lowest BCUT2D eigenvalue weighted by Crippen LogP contribution is -2.42. The number of carbonyl (C=O) groups is 2. The van der Waals surface area contributed by atoms with E-state index >= 15 is 0 Å². The van der Waals surface area contributed by atoms with Crippen LogP contribution >= 0.6 is 0 Å². The Labute approximate surface area is 171 Å². The number of fused-ring (bicyclic) bond motifs is 1. The van der Waals surface area contributed by atoms with Gasteiger partial charge in [-0.3, -0.25) is 9.59 Å². The van der Waals surface area contributed by atoms with Crippen LogP contribution in [0.15, 0.2) is 42.5 Å². The van der Waals surface area contributed by atoms with Gasteiger partial charge in [0.05, 0.1) is 13.2 Å². The zero-order chi connectivity index (χ0) is 20.4. The van der Waals surface area contributed by atoms with Gasteiger partial charge in [-0.15, -0.1) is 0 Å². The topological polar surface area (TPSA) is 61.9 Å². The van der Waals surface area contributed by atoms with Crippen LogP contribution in [0.25, 0.3) is 0 Å². The summed E-state index contributed by atoms with van der Waals surface area (Å²) in [6.45, 7) is 6.98. The van der Waals surface area contributed by atoms with Gasteiger partial charge in [0.1, 0.15) is 6.04 Å². The highest BCUT2D eigenvalue weighted by atomic mass is 16.5. The van der Waals surface area contributed by atoms with Crippen molar-refractivity contribution in [3.63, 3.8) is 0 Å². The summed E-state index contributed by atoms with van der Waals surface area (Å²) in [5, 5.41) is 3.04. The molecule has 2 heterocycles. The van der Waals surface area contributed by atoms with Gasteiger partial charge in [-0.1, -0.05) is 24.3 Å². The Hall–Kier alpha value is -2.86. The molecule has 1 saturated heterocycles. The molecule has 4 rings (SSSR count). The van der Waals surface area contributed by atoms with E-state index in [1.165, 1.54) is 5.56 Å². The Balaban J connectivity index is 1.49. The van der Waals surface area contributed by atoms with Gasteiger partial charge in [0.2, 0.25) is 5.91 Å². The number of para-hydroxylation sites is 1. The van der Waals surface area contributed by atoms with E-state index in [-0.39, 0.29) is 17.9 Å². The van der Waals surface area contributed by atoms with E-state index in [1.807, 2.05) is 44.2 Å². The van der Waals surface area contributed by atoms with E-state index in [9.17, 15) is 9.59 Å². The van der Waals surface area contributed by atoms with Crippen molar-refractivity contribution in [2.24, 2.45) is 0 Å². The van der Waals surface area contributed by atoms with Crippen LogP contribution in [0, 0.1) is 6.92 Å². The summed E-state index contributed by atoms with van der Waals surface area (Å²) in [6.07, 6.45) is 0.955. The van der Waals surface area contributed by atoms with Crippen LogP contribution < -0.4 is 10.2 Å². The fourth-order valence-electron chi connectivity index (χ4n) is 4.08. The van der Waals surface area contributed by atoms with Gasteiger partial charge < -0.3 is 19.9 Å². The SMILES string of the molecule is Cc1c(NC(=O)C(C)N2CCc3ccccc32)cccc1C(=O)N1CCOCC1. The number of amides is 2. The van der Waals surface area contributed by atoms with Gasteiger partial charge in [0.25, 0.3) is 5.91 Å². The van der Waals surface area contributed by atoms with Gasteiger partial charge in [-0.25, -0.2) is 0 Å². The average Bonchev–Trinajstić information content (AvgIpc) is 3.19. The molecule has 2 aromatic rings. The van der Waals surface area contributed by atoms with Crippen molar-refractivity contribution >= 4 is 23.2 Å². The van der Waals surface area contributed by atoms with Crippen LogP contribution in [0.4, 0.5) is 11.4 Å². The second kappa shape index (κ2) is 8.25. The lowest BCUT2D eigenvalue weighted by molar-refractivity contribution is -0.117. The number of benzene rings is 2. The predicted molar refractivity (Wildman–Crippen MR) is 113 cm³/mol. The molecule has 0 bridgehead atoms. The van der Waals surface area contributed by atoms with Crippen molar-refractivity contribution in [3.05, 3.63) is 59.2 Å². The minimum absolute atomic E-state index is 0.0107. The molecule has 1 unspecified atom stereocenters. The third-order valence-corrected chi connectivity index (χ3v) is 5.89. The number of nitrogens with zero attached hydrogens (tertiary/aromatic N) is 2. The lowest BCUT2D eigenvalue weighted by atomic mass is 10.0. The second-order valence-corrected chi connectivity index (χ2v) is 7.62. The molecule has 1 fully saturated rings. The maximum absolute atomic E-state index is 13.0. The normalized spacial score (nSPS) is 17.0. The molecule has 6 heteroatoms. The molecule has 2 amide bonds. The summed E-state index contributed by atoms with van der Waals surface area (Å²) in [5.74, 6) is -0.0795. The first-order valence-corrected chi connectivity index (χ1v) is 10.2. The molecule has 0 spiro atoms. The number of hydrogen-bond acceptors (Lipinski definition) is 4. The fourth-order valence-corrected chi connectivity index (χ4v) is 4.08. The Morgan fingerprint density at radius 3 is 2.59 bits per heavy atom. The van der Waals surface area contributed by atoms with Crippen molar-refractivity contribution < 1.29 is 14.3 Å². The van der Waals surface area contributed by atoms with Gasteiger partial charge >= 0.3 is 0 Å². The third kappa shape index (κ3) is 3.85. The van der Waals surface area contributed by atoms with Gasteiger partial charge in [0, 0.05) is 36.6 Å². The highest BCUT2D eigenvalue weighted by molar-refractivity contribution is 6.01. The highest BCUT2D eigenvalue weighted by Crippen LogP contribution is 2.30. The van der Waals surface area contributed by atoms with E-state index in [0.29, 0.717) is 37.6 Å². The van der Waals surface area contributed by atoms with Crippen molar-refractivity contribution in [1.29, 1.82) is 0 Å². The number of carbonyl (C=O) groups excluding carboxylic acids is 2. The Morgan fingerprint density at radius 1 is 1.03 bits per heavy atom. The number of ether oxygens (including phenoxy) is 1. The molecule has 1 atom stereocenters. The standard InChI is InChI=1S/C23H27N3O3/c1-16-19(23(28)25-12-14-29-15-13-25)7-5-8-20(16)24-22(27)17(2)26-11-10-18-6-3-4-9-21(18)26/h3-9,17H,10-15H2,1-2H3,(H,24,27). The quantitative estimate of drug-likeness (QED) is 0.868. The van der Waals surface area contributed by atoms with E-state index in [4.69, 9.17) is 4.74 Å². The van der Waals surface area contributed by atoms with E-state index in [2.05, 4.69) is 22.3 Å². The summed E-state index contributed by atoms with van der Waals surface area (Å²) in [5.41, 5.74) is 4.52. The molecule has 0 radical (unpaired) electrons. The smallest absolute Gasteiger partial charge is 0.254 e. The summed E-state index contributed by atoms with van der Waals surface area (Å²) in [4.78, 5) is 29.8. The maximum atomic E-state index is 13.0. The van der Waals surface area contributed by atoms with Crippen LogP contribution in [0.1, 0.15) is 28.4 Å². The van der Waals surface area contributed by atoms with Crippen LogP contribution in [0.2, 0.25) is 0 Å². The molecule has 2 aliphatic heterocycles. The van der Waals surface area contributed by atoms with Gasteiger partial charge in [-0.2, -0.15) is 0 Å². The monoisotopic (exact) mass is 393 g/mol. The average molecular weight is 393 g/mol. The highest BCUT2D eigenvalue weighted by Gasteiger charge is 2.28. The van der Waals surface area contributed by atoms with Crippen molar-refractivity contribution in [1.82, 2.24) is 4.90 Å². The largest absolute Gasteiger partial charge is 0.378 e. The first kappa shape index (κ1) is 19.5. The zero-order valence-corrected chi connectivity index (χ0v) is 17.0. The van der Waals surface area contributed by atoms with E-state index in [0.717, 1.165) is 24.2 Å². The Kier molecular flexibility index (Phi) is 5.53. The first-order chi connectivity index (χ1) is 14.1. The number of nitrogens with one attached hydrogen (secondary N) is 1. The molecule has 29 heavy (non-hydrogen) atoms. The molecule has 0 aliphatic carbocycles. The van der Waals surface area contributed by atoms with Gasteiger partial charge in [-0.05, 0) is 49.6 Å². The number of anilines is 2. The molecule has 0 aromatic heterocycles. The minimum Gasteiger partial charge on any atom is -0.378 e. The summed E-state index contributed by atoms with van der Waals surface area (Å²) in [7, 11) is 0. The summed E-state index contributed by atoms with van der Waals surface area (Å²) >= 11 is 0. The number of hydrogen-bond donors (Lipinski definition) is 1. The summed E-state index contributed by atoms with van der Waals surface area (Å²) < 4.78 is 5.34. The Morgan fingerprint density at radius 2 is 1.79 bits per heavy atom. The number of rotatable bonds is 4. The van der Waals surface area contributed by atoms with Crippen LogP contribution in [0.3, 0.4) is 0 Å². The predicted octanol–water partition coefficient (Wildman–Crippen LogP) is 2.86. The molecule has 2 aliphatic rings.